The van der Waals surface area contributed by atoms with E-state index < -0.39 is 0 Å². The number of piperidine rings is 1. The molecule has 2 fully saturated rings. The second-order valence-electron chi connectivity index (χ2n) is 8.79. The number of rotatable bonds is 4. The summed E-state index contributed by atoms with van der Waals surface area (Å²) in [7, 11) is 0. The molecule has 7 heteroatoms. The third-order valence-corrected chi connectivity index (χ3v) is 6.84. The second-order valence-corrected chi connectivity index (χ2v) is 8.79. The van der Waals surface area contributed by atoms with Crippen LogP contribution in [0.15, 0.2) is 22.8 Å². The molecule has 2 aliphatic heterocycles. The maximum Gasteiger partial charge on any atom is 0.153 e. The van der Waals surface area contributed by atoms with Crippen molar-refractivity contribution in [3.63, 3.8) is 0 Å². The van der Waals surface area contributed by atoms with Gasteiger partial charge in [0.25, 0.3) is 0 Å². The van der Waals surface area contributed by atoms with Crippen molar-refractivity contribution in [3.8, 4) is 0 Å². The topological polar surface area (TPSA) is 97.6 Å². The van der Waals surface area contributed by atoms with Crippen LogP contribution in [0.25, 0.3) is 18.2 Å². The Hall–Kier alpha value is -2.48. The van der Waals surface area contributed by atoms with E-state index in [4.69, 9.17) is 24.9 Å². The largest absolute Gasteiger partial charge is 0.465 e. The van der Waals surface area contributed by atoms with E-state index in [1.807, 2.05) is 32.1 Å². The van der Waals surface area contributed by atoms with E-state index in [-0.39, 0.29) is 24.2 Å². The molecular formula is C24H32N4O3. The number of hydrogen-bond acceptors (Lipinski definition) is 7. The molecule has 2 aliphatic rings. The van der Waals surface area contributed by atoms with Gasteiger partial charge in [0.15, 0.2) is 5.82 Å². The predicted octanol–water partition coefficient (Wildman–Crippen LogP) is 1.50. The van der Waals surface area contributed by atoms with Crippen molar-refractivity contribution < 1.29 is 14.3 Å². The van der Waals surface area contributed by atoms with Gasteiger partial charge in [0.2, 0.25) is 0 Å². The summed E-state index contributed by atoms with van der Waals surface area (Å²) >= 11 is 0. The minimum absolute atomic E-state index is 0.0486. The molecule has 166 valence electrons. The van der Waals surface area contributed by atoms with Gasteiger partial charge in [-0.25, -0.2) is 9.97 Å². The molecule has 7 nitrogen and oxygen atoms in total. The first-order chi connectivity index (χ1) is 14.8. The molecule has 31 heavy (non-hydrogen) atoms. The van der Waals surface area contributed by atoms with Gasteiger partial charge in [-0.3, -0.25) is 0 Å². The van der Waals surface area contributed by atoms with Gasteiger partial charge < -0.3 is 24.9 Å². The Morgan fingerprint density at radius 2 is 2.13 bits per heavy atom. The number of hydrogen-bond donors (Lipinski definition) is 2. The zero-order valence-electron chi connectivity index (χ0n) is 18.6. The van der Waals surface area contributed by atoms with Crippen LogP contribution in [0.5, 0.6) is 0 Å². The van der Waals surface area contributed by atoms with Gasteiger partial charge in [-0.05, 0) is 45.3 Å². The number of aliphatic hydroxyl groups excluding tert-OH is 1. The summed E-state index contributed by atoms with van der Waals surface area (Å²) in [6, 6.07) is 1.94. The molecule has 2 aromatic heterocycles. The monoisotopic (exact) mass is 424 g/mol. The van der Waals surface area contributed by atoms with E-state index in [1.54, 1.807) is 6.26 Å². The fraction of sp³-hybridized carbons (Fsp3) is 0.500. The van der Waals surface area contributed by atoms with Gasteiger partial charge in [-0.2, -0.15) is 0 Å². The van der Waals surface area contributed by atoms with Crippen LogP contribution >= 0.6 is 0 Å². The van der Waals surface area contributed by atoms with Gasteiger partial charge in [0.1, 0.15) is 11.1 Å². The zero-order valence-corrected chi connectivity index (χ0v) is 18.6. The molecule has 1 spiro atoms. The summed E-state index contributed by atoms with van der Waals surface area (Å²) in [4.78, 5) is 11.9. The lowest BCUT2D eigenvalue weighted by Gasteiger charge is -2.42. The number of ether oxygens (including phenoxy) is 1. The normalized spacial score (nSPS) is 24.4. The Morgan fingerprint density at radius 1 is 1.39 bits per heavy atom. The highest BCUT2D eigenvalue weighted by Crippen LogP contribution is 2.42. The minimum Gasteiger partial charge on any atom is -0.465 e. The lowest BCUT2D eigenvalue weighted by molar-refractivity contribution is 0.0973. The summed E-state index contributed by atoms with van der Waals surface area (Å²) in [6.45, 7) is 12.1. The Labute approximate surface area is 182 Å². The van der Waals surface area contributed by atoms with Gasteiger partial charge >= 0.3 is 0 Å². The third kappa shape index (κ3) is 4.05. The van der Waals surface area contributed by atoms with E-state index in [1.165, 1.54) is 0 Å². The zero-order chi connectivity index (χ0) is 22.2. The summed E-state index contributed by atoms with van der Waals surface area (Å²) < 4.78 is 11.1. The molecule has 0 saturated carbocycles. The average molecular weight is 425 g/mol. The highest BCUT2D eigenvalue weighted by molar-refractivity contribution is 5.69. The van der Waals surface area contributed by atoms with Crippen LogP contribution in [-0.4, -0.2) is 46.9 Å². The lowest BCUT2D eigenvalue weighted by Crippen LogP contribution is -2.51. The van der Waals surface area contributed by atoms with E-state index in [0.29, 0.717) is 11.1 Å². The van der Waals surface area contributed by atoms with Crippen molar-refractivity contribution in [3.05, 3.63) is 46.1 Å². The standard InChI is InChI=1S/C24H32N4O3/c1-15(5-6-19-7-12-30-17(19)3)21-16(2)26-23(20(13-29)27-21)28-10-8-24(9-11-28)14-31-18(4)22(24)25/h5-7,12,18,22,29H,3,8-11,13-14,25H2,1-2,4H3/b15-5+,19-6-/t18-,22+/m0/s1. The van der Waals surface area contributed by atoms with Gasteiger partial charge in [-0.15, -0.1) is 0 Å². The van der Waals surface area contributed by atoms with Crippen LogP contribution < -0.4 is 21.3 Å². The number of allylic oxidation sites excluding steroid dienone is 2. The average Bonchev–Trinajstić information content (AvgIpc) is 3.30. The van der Waals surface area contributed by atoms with Crippen molar-refractivity contribution >= 4 is 24.0 Å². The molecule has 4 heterocycles. The van der Waals surface area contributed by atoms with Crippen molar-refractivity contribution in [2.24, 2.45) is 11.1 Å². The quantitative estimate of drug-likeness (QED) is 0.768. The maximum absolute atomic E-state index is 10.0. The number of nitrogens with two attached hydrogens (primary N) is 1. The van der Waals surface area contributed by atoms with E-state index in [9.17, 15) is 5.11 Å². The fourth-order valence-electron chi connectivity index (χ4n) is 4.70. The number of anilines is 1. The maximum atomic E-state index is 10.0. The summed E-state index contributed by atoms with van der Waals surface area (Å²) in [5.41, 5.74) is 10.3. The Kier molecular flexibility index (Phi) is 6.01. The van der Waals surface area contributed by atoms with Crippen LogP contribution in [0.4, 0.5) is 5.82 Å². The number of aliphatic hydroxyl groups is 1. The lowest BCUT2D eigenvalue weighted by atomic mass is 9.73. The van der Waals surface area contributed by atoms with Crippen LogP contribution in [-0.2, 0) is 11.3 Å². The molecule has 4 rings (SSSR count). The number of nitrogens with zero attached hydrogens (tertiary/aromatic N) is 3. The fourth-order valence-corrected chi connectivity index (χ4v) is 4.70. The highest BCUT2D eigenvalue weighted by Gasteiger charge is 2.47. The number of aromatic nitrogens is 2. The van der Waals surface area contributed by atoms with Gasteiger partial charge in [0.05, 0.1) is 37.0 Å². The van der Waals surface area contributed by atoms with Gasteiger partial charge in [0, 0.05) is 29.8 Å². The molecule has 3 N–H and O–H groups in total. The first-order valence-corrected chi connectivity index (χ1v) is 10.9. The van der Waals surface area contributed by atoms with Crippen LogP contribution in [0, 0.1) is 12.3 Å². The SMILES string of the molecule is C=c1occ/c1=C/C=C(\C)c1nc(CO)c(N2CCC3(CC2)CO[C@@H](C)[C@H]3N)nc1C. The van der Waals surface area contributed by atoms with Crippen molar-refractivity contribution in [2.75, 3.05) is 24.6 Å². The number of aryl methyl sites for hydroxylation is 1. The van der Waals surface area contributed by atoms with E-state index in [0.717, 1.165) is 60.5 Å². The minimum atomic E-state index is -0.154. The smallest absolute Gasteiger partial charge is 0.153 e. The molecule has 2 atom stereocenters. The first kappa shape index (κ1) is 21.7. The predicted molar refractivity (Wildman–Crippen MR) is 122 cm³/mol. The molecule has 0 unspecified atom stereocenters. The number of furan rings is 1. The van der Waals surface area contributed by atoms with Crippen LogP contribution in [0.3, 0.4) is 0 Å². The third-order valence-electron chi connectivity index (χ3n) is 6.84. The molecule has 0 radical (unpaired) electrons. The second kappa shape index (κ2) is 8.57. The molecule has 0 bridgehead atoms. The van der Waals surface area contributed by atoms with Gasteiger partial charge in [-0.1, -0.05) is 18.7 Å². The molecular weight excluding hydrogens is 392 g/mol. The highest BCUT2D eigenvalue weighted by atomic mass is 16.5. The van der Waals surface area contributed by atoms with Crippen molar-refractivity contribution in [2.45, 2.75) is 52.4 Å². The van der Waals surface area contributed by atoms with Crippen LogP contribution in [0.2, 0.25) is 0 Å². The van der Waals surface area contributed by atoms with E-state index in [2.05, 4.69) is 18.4 Å². The first-order valence-electron chi connectivity index (χ1n) is 10.9. The van der Waals surface area contributed by atoms with E-state index >= 15 is 0 Å². The van der Waals surface area contributed by atoms with Crippen molar-refractivity contribution in [1.82, 2.24) is 9.97 Å². The van der Waals surface area contributed by atoms with Crippen molar-refractivity contribution in [1.29, 1.82) is 0 Å². The Balaban J connectivity index is 1.58. The molecule has 0 amide bonds. The Morgan fingerprint density at radius 3 is 2.71 bits per heavy atom. The summed E-state index contributed by atoms with van der Waals surface area (Å²) in [5.74, 6) is 0.769. The molecule has 2 aromatic rings. The molecule has 2 saturated heterocycles. The van der Waals surface area contributed by atoms with Crippen LogP contribution in [0.1, 0.15) is 43.8 Å². The Bertz CT molecular complexity index is 1080. The summed E-state index contributed by atoms with van der Waals surface area (Å²) in [6.07, 6.45) is 7.57. The summed E-state index contributed by atoms with van der Waals surface area (Å²) in [5, 5.41) is 11.0. The molecule has 0 aliphatic carbocycles. The molecule has 0 aromatic carbocycles.